The number of hydrogen-bond donors (Lipinski definition) is 1. The first kappa shape index (κ1) is 32.8. The molecule has 3 aromatic rings. The van der Waals surface area contributed by atoms with Crippen LogP contribution in [-0.2, 0) is 32.6 Å². The largest absolute Gasteiger partial charge is 0.352 e. The Kier molecular flexibility index (Phi) is 11.2. The van der Waals surface area contributed by atoms with Gasteiger partial charge < -0.3 is 10.2 Å². The lowest BCUT2D eigenvalue weighted by molar-refractivity contribution is -0.140. The summed E-state index contributed by atoms with van der Waals surface area (Å²) in [6, 6.07) is 20.8. The molecule has 43 heavy (non-hydrogen) atoms. The third-order valence-electron chi connectivity index (χ3n) is 7.84. The van der Waals surface area contributed by atoms with E-state index in [2.05, 4.69) is 5.32 Å². The second-order valence-corrected chi connectivity index (χ2v) is 14.2. The fourth-order valence-electron chi connectivity index (χ4n) is 5.55. The van der Waals surface area contributed by atoms with E-state index in [0.717, 1.165) is 47.4 Å². The van der Waals surface area contributed by atoms with Gasteiger partial charge in [-0.05, 0) is 53.6 Å². The first-order valence-electron chi connectivity index (χ1n) is 14.6. The van der Waals surface area contributed by atoms with Gasteiger partial charge in [0.2, 0.25) is 21.8 Å². The molecular weight excluding hydrogens is 605 g/mol. The standard InChI is InChI=1S/C33H39Cl2N3O4S/c1-23(2)28-15-9-10-16-30(28)38(43(3,41)42)22-32(39)37(21-25-17-18-26(34)20-29(25)35)31(19-24-11-5-4-6-12-24)33(40)36-27-13-7-8-14-27/h4-6,9-12,15-18,20,23,27,31H,7-8,13-14,19,21-22H2,1-3H3,(H,36,40)/t31-/m1/s1. The van der Waals surface area contributed by atoms with Crippen molar-refractivity contribution in [2.45, 2.75) is 70.5 Å². The van der Waals surface area contributed by atoms with Crippen LogP contribution in [0.2, 0.25) is 10.0 Å². The predicted octanol–water partition coefficient (Wildman–Crippen LogP) is 6.58. The Morgan fingerprint density at radius 2 is 1.60 bits per heavy atom. The Balaban J connectivity index is 1.77. The minimum atomic E-state index is -3.87. The lowest BCUT2D eigenvalue weighted by Crippen LogP contribution is -2.54. The molecule has 3 aromatic carbocycles. The average molecular weight is 645 g/mol. The summed E-state index contributed by atoms with van der Waals surface area (Å²) < 4.78 is 27.5. The van der Waals surface area contributed by atoms with Crippen LogP contribution < -0.4 is 9.62 Å². The Hall–Kier alpha value is -3.07. The summed E-state index contributed by atoms with van der Waals surface area (Å²) >= 11 is 12.7. The van der Waals surface area contributed by atoms with Crippen molar-refractivity contribution in [1.82, 2.24) is 10.2 Å². The van der Waals surface area contributed by atoms with Gasteiger partial charge in [-0.1, -0.05) is 104 Å². The normalized spacial score (nSPS) is 14.5. The smallest absolute Gasteiger partial charge is 0.244 e. The third kappa shape index (κ3) is 8.74. The number of nitrogens with one attached hydrogen (secondary N) is 1. The Bertz CT molecular complexity index is 1530. The molecule has 0 aliphatic heterocycles. The van der Waals surface area contributed by atoms with Crippen molar-refractivity contribution >= 4 is 50.7 Å². The highest BCUT2D eigenvalue weighted by Gasteiger charge is 2.35. The first-order valence-corrected chi connectivity index (χ1v) is 17.2. The van der Waals surface area contributed by atoms with Crippen molar-refractivity contribution in [3.63, 3.8) is 0 Å². The maximum absolute atomic E-state index is 14.4. The summed E-state index contributed by atoms with van der Waals surface area (Å²) in [7, 11) is -3.87. The number of benzene rings is 3. The maximum atomic E-state index is 14.4. The molecule has 1 N–H and O–H groups in total. The third-order valence-corrected chi connectivity index (χ3v) is 9.55. The molecular formula is C33H39Cl2N3O4S. The highest BCUT2D eigenvalue weighted by Crippen LogP contribution is 2.30. The highest BCUT2D eigenvalue weighted by molar-refractivity contribution is 7.92. The molecule has 230 valence electrons. The SMILES string of the molecule is CC(C)c1ccccc1N(CC(=O)N(Cc1ccc(Cl)cc1Cl)[C@H](Cc1ccccc1)C(=O)NC1CCCC1)S(C)(=O)=O. The lowest BCUT2D eigenvalue weighted by Gasteiger charge is -2.34. The predicted molar refractivity (Wildman–Crippen MR) is 174 cm³/mol. The molecule has 7 nitrogen and oxygen atoms in total. The lowest BCUT2D eigenvalue weighted by atomic mass is 10.0. The molecule has 1 aliphatic carbocycles. The van der Waals surface area contributed by atoms with E-state index in [1.807, 2.05) is 56.3 Å². The summed E-state index contributed by atoms with van der Waals surface area (Å²) in [5.41, 5.74) is 2.71. The molecule has 0 aromatic heterocycles. The van der Waals surface area contributed by atoms with Crippen LogP contribution in [0.25, 0.3) is 0 Å². The number of nitrogens with zero attached hydrogens (tertiary/aromatic N) is 2. The number of rotatable bonds is 12. The van der Waals surface area contributed by atoms with Crippen LogP contribution in [0.3, 0.4) is 0 Å². The summed E-state index contributed by atoms with van der Waals surface area (Å²) in [6.45, 7) is 3.46. The van der Waals surface area contributed by atoms with Crippen LogP contribution in [0.15, 0.2) is 72.8 Å². The molecule has 0 spiro atoms. The zero-order valence-electron chi connectivity index (χ0n) is 24.8. The van der Waals surface area contributed by atoms with Crippen molar-refractivity contribution in [3.8, 4) is 0 Å². The Morgan fingerprint density at radius 3 is 2.23 bits per heavy atom. The molecule has 1 atom stereocenters. The number of hydrogen-bond acceptors (Lipinski definition) is 4. The molecule has 1 saturated carbocycles. The van der Waals surface area contributed by atoms with Crippen LogP contribution in [0, 0.1) is 0 Å². The monoisotopic (exact) mass is 643 g/mol. The molecule has 0 bridgehead atoms. The van der Waals surface area contributed by atoms with Crippen molar-refractivity contribution < 1.29 is 18.0 Å². The fourth-order valence-corrected chi connectivity index (χ4v) is 6.89. The van der Waals surface area contributed by atoms with E-state index >= 15 is 0 Å². The van der Waals surface area contributed by atoms with Gasteiger partial charge in [0.05, 0.1) is 11.9 Å². The molecule has 0 radical (unpaired) electrons. The summed E-state index contributed by atoms with van der Waals surface area (Å²) in [5.74, 6) is -0.775. The number of carbonyl (C=O) groups is 2. The second kappa shape index (κ2) is 14.6. The van der Waals surface area contributed by atoms with Gasteiger partial charge >= 0.3 is 0 Å². The van der Waals surface area contributed by atoms with Gasteiger partial charge in [-0.2, -0.15) is 0 Å². The molecule has 0 heterocycles. The molecule has 0 saturated heterocycles. The minimum Gasteiger partial charge on any atom is -0.352 e. The van der Waals surface area contributed by atoms with Gasteiger partial charge in [0.15, 0.2) is 0 Å². The molecule has 4 rings (SSSR count). The van der Waals surface area contributed by atoms with Crippen molar-refractivity contribution in [1.29, 1.82) is 0 Å². The van der Waals surface area contributed by atoms with Crippen LogP contribution in [0.5, 0.6) is 0 Å². The van der Waals surface area contributed by atoms with E-state index < -0.39 is 28.5 Å². The van der Waals surface area contributed by atoms with Crippen molar-refractivity contribution in [2.24, 2.45) is 0 Å². The topological polar surface area (TPSA) is 86.8 Å². The van der Waals surface area contributed by atoms with Gasteiger partial charge in [0.25, 0.3) is 0 Å². The van der Waals surface area contributed by atoms with Gasteiger partial charge in [0, 0.05) is 29.1 Å². The van der Waals surface area contributed by atoms with Crippen LogP contribution in [-0.4, -0.2) is 50.0 Å². The van der Waals surface area contributed by atoms with E-state index in [9.17, 15) is 18.0 Å². The number of amides is 2. The highest BCUT2D eigenvalue weighted by atomic mass is 35.5. The van der Waals surface area contributed by atoms with Crippen LogP contribution >= 0.6 is 23.2 Å². The van der Waals surface area contributed by atoms with Gasteiger partial charge in [-0.3, -0.25) is 13.9 Å². The Labute approximate surface area is 265 Å². The number of anilines is 1. The quantitative estimate of drug-likeness (QED) is 0.241. The average Bonchev–Trinajstić information content (AvgIpc) is 3.47. The zero-order valence-corrected chi connectivity index (χ0v) is 27.1. The van der Waals surface area contributed by atoms with E-state index in [-0.39, 0.29) is 30.8 Å². The fraction of sp³-hybridized carbons (Fsp3) is 0.394. The van der Waals surface area contributed by atoms with Crippen LogP contribution in [0.1, 0.15) is 62.1 Å². The van der Waals surface area contributed by atoms with E-state index in [4.69, 9.17) is 23.2 Å². The van der Waals surface area contributed by atoms with Gasteiger partial charge in [-0.15, -0.1) is 0 Å². The molecule has 1 aliphatic rings. The molecule has 1 fully saturated rings. The summed E-state index contributed by atoms with van der Waals surface area (Å²) in [6.07, 6.45) is 5.18. The molecule has 2 amide bonds. The second-order valence-electron chi connectivity index (χ2n) is 11.4. The summed E-state index contributed by atoms with van der Waals surface area (Å²) in [4.78, 5) is 29.8. The molecule has 10 heteroatoms. The molecule has 0 unspecified atom stereocenters. The summed E-state index contributed by atoms with van der Waals surface area (Å²) in [5, 5.41) is 3.96. The maximum Gasteiger partial charge on any atom is 0.244 e. The first-order chi connectivity index (χ1) is 20.4. The van der Waals surface area contributed by atoms with Crippen molar-refractivity contribution in [2.75, 3.05) is 17.1 Å². The minimum absolute atomic E-state index is 0.00610. The zero-order chi connectivity index (χ0) is 31.1. The Morgan fingerprint density at radius 1 is 0.953 bits per heavy atom. The van der Waals surface area contributed by atoms with Gasteiger partial charge in [0.1, 0.15) is 12.6 Å². The number of halogens is 2. The number of carbonyl (C=O) groups excluding carboxylic acids is 2. The van der Waals surface area contributed by atoms with Crippen molar-refractivity contribution in [3.05, 3.63) is 99.5 Å². The van der Waals surface area contributed by atoms with E-state index in [1.165, 1.54) is 4.90 Å². The van der Waals surface area contributed by atoms with E-state index in [1.54, 1.807) is 30.3 Å². The number of sulfonamides is 1. The van der Waals surface area contributed by atoms with Crippen LogP contribution in [0.4, 0.5) is 5.69 Å². The number of para-hydroxylation sites is 1. The van der Waals surface area contributed by atoms with Gasteiger partial charge in [-0.25, -0.2) is 8.42 Å². The van der Waals surface area contributed by atoms with E-state index in [0.29, 0.717) is 21.3 Å².